The Morgan fingerprint density at radius 1 is 1.08 bits per heavy atom. The highest BCUT2D eigenvalue weighted by Gasteiger charge is 2.19. The number of aldehydes is 1. The number of nitrogens with zero attached hydrogens (tertiary/aromatic N) is 3. The van der Waals surface area contributed by atoms with Gasteiger partial charge in [-0.25, -0.2) is 9.37 Å². The first-order valence-corrected chi connectivity index (χ1v) is 8.42. The Morgan fingerprint density at radius 2 is 1.73 bits per heavy atom. The average Bonchev–Trinajstić information content (AvgIpc) is 3.21. The van der Waals surface area contributed by atoms with Gasteiger partial charge in [0.1, 0.15) is 17.2 Å². The SMILES string of the molecule is O=Cc1c(-c2ccc([N+](=O)[O-])cc2)nc2scc(-c3ccc(F)cc3)n12. The van der Waals surface area contributed by atoms with E-state index in [1.807, 2.05) is 5.38 Å². The second-order valence-electron chi connectivity index (χ2n) is 5.51. The molecular weight excluding hydrogens is 357 g/mol. The van der Waals surface area contributed by atoms with Gasteiger partial charge in [-0.2, -0.15) is 0 Å². The lowest BCUT2D eigenvalue weighted by Crippen LogP contribution is -1.94. The van der Waals surface area contributed by atoms with E-state index < -0.39 is 4.92 Å². The highest BCUT2D eigenvalue weighted by molar-refractivity contribution is 7.15. The molecule has 0 aliphatic rings. The first-order chi connectivity index (χ1) is 12.6. The molecule has 0 aliphatic heterocycles. The van der Waals surface area contributed by atoms with Crippen LogP contribution in [0.15, 0.2) is 53.9 Å². The fourth-order valence-electron chi connectivity index (χ4n) is 2.76. The molecule has 0 spiro atoms. The van der Waals surface area contributed by atoms with E-state index in [4.69, 9.17) is 0 Å². The van der Waals surface area contributed by atoms with E-state index in [0.29, 0.717) is 28.2 Å². The first kappa shape index (κ1) is 16.1. The van der Waals surface area contributed by atoms with Crippen LogP contribution in [0.4, 0.5) is 10.1 Å². The monoisotopic (exact) mass is 367 g/mol. The van der Waals surface area contributed by atoms with Crippen molar-refractivity contribution in [3.8, 4) is 22.5 Å². The van der Waals surface area contributed by atoms with Crippen molar-refractivity contribution in [2.75, 3.05) is 0 Å². The van der Waals surface area contributed by atoms with Crippen LogP contribution < -0.4 is 0 Å². The summed E-state index contributed by atoms with van der Waals surface area (Å²) < 4.78 is 14.9. The molecule has 0 bridgehead atoms. The number of hydrogen-bond acceptors (Lipinski definition) is 5. The molecule has 0 amide bonds. The number of carbonyl (C=O) groups is 1. The zero-order valence-corrected chi connectivity index (χ0v) is 13.9. The Hall–Kier alpha value is -3.39. The highest BCUT2D eigenvalue weighted by Crippen LogP contribution is 2.32. The highest BCUT2D eigenvalue weighted by atomic mass is 32.1. The number of hydrogen-bond donors (Lipinski definition) is 0. The van der Waals surface area contributed by atoms with Gasteiger partial charge in [-0.05, 0) is 42.0 Å². The van der Waals surface area contributed by atoms with E-state index >= 15 is 0 Å². The van der Waals surface area contributed by atoms with E-state index in [1.54, 1.807) is 28.7 Å². The molecule has 0 unspecified atom stereocenters. The Balaban J connectivity index is 1.88. The first-order valence-electron chi connectivity index (χ1n) is 7.54. The number of aromatic nitrogens is 2. The van der Waals surface area contributed by atoms with Crippen LogP contribution in [0.2, 0.25) is 0 Å². The van der Waals surface area contributed by atoms with Crippen molar-refractivity contribution in [2.45, 2.75) is 0 Å². The Kier molecular flexibility index (Phi) is 3.81. The topological polar surface area (TPSA) is 77.5 Å². The molecule has 0 atom stereocenters. The maximum atomic E-state index is 13.2. The van der Waals surface area contributed by atoms with Crippen LogP contribution in [0.25, 0.3) is 27.5 Å². The van der Waals surface area contributed by atoms with Gasteiger partial charge < -0.3 is 0 Å². The predicted molar refractivity (Wildman–Crippen MR) is 95.9 cm³/mol. The molecule has 26 heavy (non-hydrogen) atoms. The van der Waals surface area contributed by atoms with Crippen molar-refractivity contribution in [3.63, 3.8) is 0 Å². The van der Waals surface area contributed by atoms with E-state index in [-0.39, 0.29) is 11.5 Å². The molecule has 0 N–H and O–H groups in total. The van der Waals surface area contributed by atoms with Gasteiger partial charge in [0.25, 0.3) is 5.69 Å². The standard InChI is InChI=1S/C18H10FN3O3S/c19-13-5-1-11(2-6-13)16-10-26-18-20-17(15(9-23)21(16)18)12-3-7-14(8-4-12)22(24)25/h1-10H. The summed E-state index contributed by atoms with van der Waals surface area (Å²) in [7, 11) is 0. The van der Waals surface area contributed by atoms with Gasteiger partial charge in [-0.1, -0.05) is 0 Å². The largest absolute Gasteiger partial charge is 0.296 e. The van der Waals surface area contributed by atoms with Crippen LogP contribution in [0.1, 0.15) is 10.5 Å². The zero-order chi connectivity index (χ0) is 18.3. The van der Waals surface area contributed by atoms with Crippen molar-refractivity contribution >= 4 is 28.3 Å². The normalized spacial score (nSPS) is 11.0. The molecule has 6 nitrogen and oxygen atoms in total. The van der Waals surface area contributed by atoms with Crippen molar-refractivity contribution in [2.24, 2.45) is 0 Å². The Morgan fingerprint density at radius 3 is 2.35 bits per heavy atom. The lowest BCUT2D eigenvalue weighted by molar-refractivity contribution is -0.384. The second-order valence-corrected chi connectivity index (χ2v) is 6.35. The van der Waals surface area contributed by atoms with Gasteiger partial charge >= 0.3 is 0 Å². The molecule has 4 aromatic rings. The number of nitro groups is 1. The molecule has 2 aromatic heterocycles. The average molecular weight is 367 g/mol. The van der Waals surface area contributed by atoms with Crippen LogP contribution in [-0.4, -0.2) is 20.6 Å². The molecular formula is C18H10FN3O3S. The van der Waals surface area contributed by atoms with Crippen LogP contribution in [0, 0.1) is 15.9 Å². The number of imidazole rings is 1. The van der Waals surface area contributed by atoms with E-state index in [9.17, 15) is 19.3 Å². The fraction of sp³-hybridized carbons (Fsp3) is 0. The summed E-state index contributed by atoms with van der Waals surface area (Å²) in [4.78, 5) is 27.2. The smallest absolute Gasteiger partial charge is 0.269 e. The van der Waals surface area contributed by atoms with Gasteiger partial charge in [0, 0.05) is 23.1 Å². The summed E-state index contributed by atoms with van der Waals surface area (Å²) in [6, 6.07) is 11.9. The minimum Gasteiger partial charge on any atom is -0.296 e. The number of rotatable bonds is 4. The van der Waals surface area contributed by atoms with Crippen LogP contribution >= 0.6 is 11.3 Å². The van der Waals surface area contributed by atoms with Gasteiger partial charge in [0.2, 0.25) is 0 Å². The molecule has 2 heterocycles. The van der Waals surface area contributed by atoms with E-state index in [2.05, 4.69) is 4.98 Å². The summed E-state index contributed by atoms with van der Waals surface area (Å²) >= 11 is 1.36. The molecule has 128 valence electrons. The van der Waals surface area contributed by atoms with Gasteiger partial charge in [-0.15, -0.1) is 11.3 Å². The molecule has 4 rings (SSSR count). The zero-order valence-electron chi connectivity index (χ0n) is 13.1. The summed E-state index contributed by atoms with van der Waals surface area (Å²) in [5.74, 6) is -0.340. The number of non-ortho nitro benzene ring substituents is 1. The third-order valence-electron chi connectivity index (χ3n) is 4.00. The molecule has 0 saturated carbocycles. The fourth-order valence-corrected chi connectivity index (χ4v) is 3.67. The number of nitro benzene ring substituents is 1. The summed E-state index contributed by atoms with van der Waals surface area (Å²) in [5.41, 5.74) is 2.86. The lowest BCUT2D eigenvalue weighted by atomic mass is 10.1. The maximum absolute atomic E-state index is 13.2. The minimum atomic E-state index is -0.483. The van der Waals surface area contributed by atoms with Crippen molar-refractivity contribution in [1.82, 2.24) is 9.38 Å². The second kappa shape index (κ2) is 6.16. The number of benzene rings is 2. The third-order valence-corrected chi connectivity index (χ3v) is 4.83. The van der Waals surface area contributed by atoms with Gasteiger partial charge in [-0.3, -0.25) is 19.3 Å². The molecule has 2 aromatic carbocycles. The summed E-state index contributed by atoms with van der Waals surface area (Å²) in [5, 5.41) is 12.7. The number of thiazole rings is 1. The number of carbonyl (C=O) groups excluding carboxylic acids is 1. The van der Waals surface area contributed by atoms with Crippen molar-refractivity contribution in [1.29, 1.82) is 0 Å². The van der Waals surface area contributed by atoms with Crippen molar-refractivity contribution in [3.05, 3.63) is 75.5 Å². The third kappa shape index (κ3) is 2.56. The molecule has 0 radical (unpaired) electrons. The Bertz CT molecular complexity index is 1130. The van der Waals surface area contributed by atoms with Crippen molar-refractivity contribution < 1.29 is 14.1 Å². The number of halogens is 1. The van der Waals surface area contributed by atoms with Gasteiger partial charge in [0.05, 0.1) is 10.6 Å². The lowest BCUT2D eigenvalue weighted by Gasteiger charge is -2.03. The molecule has 0 saturated heterocycles. The maximum Gasteiger partial charge on any atom is 0.269 e. The van der Waals surface area contributed by atoms with Gasteiger partial charge in [0.15, 0.2) is 11.2 Å². The summed E-state index contributed by atoms with van der Waals surface area (Å²) in [6.45, 7) is 0. The molecule has 0 aliphatic carbocycles. The predicted octanol–water partition coefficient (Wildman–Crippen LogP) is 4.59. The van der Waals surface area contributed by atoms with E-state index in [0.717, 1.165) is 11.3 Å². The Labute approximate surface area is 150 Å². The quantitative estimate of drug-likeness (QED) is 0.300. The molecule has 0 fully saturated rings. The van der Waals surface area contributed by atoms with Crippen LogP contribution in [-0.2, 0) is 0 Å². The van der Waals surface area contributed by atoms with Crippen LogP contribution in [0.5, 0.6) is 0 Å². The number of fused-ring (bicyclic) bond motifs is 1. The minimum absolute atomic E-state index is 0.0329. The summed E-state index contributed by atoms with van der Waals surface area (Å²) in [6.07, 6.45) is 0.705. The molecule has 8 heteroatoms. The van der Waals surface area contributed by atoms with Crippen LogP contribution in [0.3, 0.4) is 0 Å². The van der Waals surface area contributed by atoms with E-state index in [1.165, 1.54) is 35.6 Å².